The minimum Gasteiger partial charge on any atom is -0.393 e. The van der Waals surface area contributed by atoms with Crippen molar-refractivity contribution < 1.29 is 5.11 Å². The maximum Gasteiger partial charge on any atom is 0.105 e. The second-order valence-corrected chi connectivity index (χ2v) is 3.19. The second kappa shape index (κ2) is 2.74. The summed E-state index contributed by atoms with van der Waals surface area (Å²) in [6.07, 6.45) is 3.40. The molecule has 1 saturated carbocycles. The molecule has 0 heterocycles. The Morgan fingerprint density at radius 2 is 2.22 bits per heavy atom. The van der Waals surface area contributed by atoms with Gasteiger partial charge in [0.1, 0.15) is 7.85 Å². The van der Waals surface area contributed by atoms with Crippen LogP contribution in [0.5, 0.6) is 0 Å². The first-order valence-corrected chi connectivity index (χ1v) is 3.93. The second-order valence-electron chi connectivity index (χ2n) is 3.19. The molecule has 0 aliphatic heterocycles. The van der Waals surface area contributed by atoms with E-state index < -0.39 is 0 Å². The van der Waals surface area contributed by atoms with E-state index in [2.05, 4.69) is 14.8 Å². The van der Waals surface area contributed by atoms with Gasteiger partial charge in [-0.05, 0) is 12.3 Å². The molecule has 1 rings (SSSR count). The lowest BCUT2D eigenvalue weighted by atomic mass is 9.77. The number of aliphatic hydroxyl groups is 1. The van der Waals surface area contributed by atoms with Crippen LogP contribution in [0.3, 0.4) is 0 Å². The molecule has 52 valence electrons. The molecule has 1 N–H and O–H groups in total. The number of hydrogen-bond acceptors (Lipinski definition) is 1. The van der Waals surface area contributed by atoms with Gasteiger partial charge in [0.25, 0.3) is 0 Å². The minimum absolute atomic E-state index is 0.00463. The highest BCUT2D eigenvalue weighted by Crippen LogP contribution is 2.36. The molecule has 1 aliphatic rings. The Labute approximate surface area is 57.9 Å². The molecule has 0 aromatic rings. The lowest BCUT2D eigenvalue weighted by molar-refractivity contribution is 0.131. The molecular formula is C7H15BO. The average Bonchev–Trinajstić information content (AvgIpc) is 2.12. The molecule has 3 unspecified atom stereocenters. The third-order valence-electron chi connectivity index (χ3n) is 2.61. The van der Waals surface area contributed by atoms with Gasteiger partial charge in [-0.15, -0.1) is 0 Å². The molecule has 1 fully saturated rings. The van der Waals surface area contributed by atoms with Gasteiger partial charge in [-0.3, -0.25) is 0 Å². The van der Waals surface area contributed by atoms with Gasteiger partial charge in [0.2, 0.25) is 0 Å². The Morgan fingerprint density at radius 1 is 1.56 bits per heavy atom. The summed E-state index contributed by atoms with van der Waals surface area (Å²) in [6.45, 7) is 2.16. The monoisotopic (exact) mass is 126 g/mol. The van der Waals surface area contributed by atoms with Crippen LogP contribution in [0.4, 0.5) is 0 Å². The van der Waals surface area contributed by atoms with Gasteiger partial charge in [0, 0.05) is 0 Å². The van der Waals surface area contributed by atoms with Gasteiger partial charge < -0.3 is 5.11 Å². The van der Waals surface area contributed by atoms with E-state index >= 15 is 0 Å². The van der Waals surface area contributed by atoms with Crippen LogP contribution in [-0.4, -0.2) is 19.1 Å². The fraction of sp³-hybridized carbons (Fsp3) is 1.00. The Kier molecular flexibility index (Phi) is 2.17. The third kappa shape index (κ3) is 1.29. The summed E-state index contributed by atoms with van der Waals surface area (Å²) in [5.41, 5.74) is 0. The topological polar surface area (TPSA) is 20.2 Å². The van der Waals surface area contributed by atoms with Crippen molar-refractivity contribution in [3.05, 3.63) is 0 Å². The van der Waals surface area contributed by atoms with Gasteiger partial charge >= 0.3 is 0 Å². The van der Waals surface area contributed by atoms with Crippen LogP contribution in [-0.2, 0) is 0 Å². The summed E-state index contributed by atoms with van der Waals surface area (Å²) in [5, 5.41) is 9.36. The molecule has 0 spiro atoms. The van der Waals surface area contributed by atoms with Crippen molar-refractivity contribution in [3.63, 3.8) is 0 Å². The first kappa shape index (κ1) is 7.14. The zero-order valence-electron chi connectivity index (χ0n) is 6.30. The van der Waals surface area contributed by atoms with Crippen molar-refractivity contribution in [1.82, 2.24) is 0 Å². The van der Waals surface area contributed by atoms with Crippen molar-refractivity contribution in [2.24, 2.45) is 5.92 Å². The third-order valence-corrected chi connectivity index (χ3v) is 2.61. The highest BCUT2D eigenvalue weighted by atomic mass is 16.3. The maximum absolute atomic E-state index is 9.36. The van der Waals surface area contributed by atoms with Crippen molar-refractivity contribution in [3.8, 4) is 0 Å². The fourth-order valence-electron chi connectivity index (χ4n) is 1.92. The summed E-state index contributed by atoms with van der Waals surface area (Å²) in [7, 11) is 2.24. The van der Waals surface area contributed by atoms with Crippen LogP contribution < -0.4 is 0 Å². The molecule has 0 radical (unpaired) electrons. The summed E-state index contributed by atoms with van der Waals surface area (Å²) in [4.78, 5) is 0. The van der Waals surface area contributed by atoms with E-state index in [0.29, 0.717) is 5.92 Å². The maximum atomic E-state index is 9.36. The molecule has 0 bridgehead atoms. The van der Waals surface area contributed by atoms with Gasteiger partial charge in [-0.25, -0.2) is 0 Å². The van der Waals surface area contributed by atoms with Crippen LogP contribution in [0.15, 0.2) is 0 Å². The summed E-state index contributed by atoms with van der Waals surface area (Å²) >= 11 is 0. The van der Waals surface area contributed by atoms with Crippen molar-refractivity contribution in [2.45, 2.75) is 38.1 Å². The van der Waals surface area contributed by atoms with Crippen LogP contribution in [0.1, 0.15) is 26.2 Å². The predicted octanol–water partition coefficient (Wildman–Crippen LogP) is 0.589. The summed E-state index contributed by atoms with van der Waals surface area (Å²) in [5.74, 6) is 1.34. The van der Waals surface area contributed by atoms with Gasteiger partial charge in [0.15, 0.2) is 0 Å². The van der Waals surface area contributed by atoms with Gasteiger partial charge in [0.05, 0.1) is 6.10 Å². The van der Waals surface area contributed by atoms with Crippen molar-refractivity contribution in [2.75, 3.05) is 0 Å². The summed E-state index contributed by atoms with van der Waals surface area (Å²) in [6, 6.07) is 0. The lowest BCUT2D eigenvalue weighted by Crippen LogP contribution is -2.14. The molecule has 9 heavy (non-hydrogen) atoms. The zero-order chi connectivity index (χ0) is 6.85. The molecule has 0 aromatic carbocycles. The van der Waals surface area contributed by atoms with E-state index in [-0.39, 0.29) is 6.10 Å². The smallest absolute Gasteiger partial charge is 0.105 e. The van der Waals surface area contributed by atoms with Crippen LogP contribution >= 0.6 is 0 Å². The largest absolute Gasteiger partial charge is 0.393 e. The number of hydrogen-bond donors (Lipinski definition) is 1. The lowest BCUT2D eigenvalue weighted by Gasteiger charge is -2.15. The molecule has 0 amide bonds. The van der Waals surface area contributed by atoms with Gasteiger partial charge in [-0.2, -0.15) is 0 Å². The Morgan fingerprint density at radius 3 is 2.44 bits per heavy atom. The molecule has 0 saturated heterocycles. The van der Waals surface area contributed by atoms with Crippen molar-refractivity contribution in [1.29, 1.82) is 0 Å². The van der Waals surface area contributed by atoms with Crippen LogP contribution in [0, 0.1) is 5.92 Å². The zero-order valence-corrected chi connectivity index (χ0v) is 6.30. The van der Waals surface area contributed by atoms with E-state index in [1.54, 1.807) is 0 Å². The standard InChI is InChI=1S/C7H15BO/c1-2-5-6(8)3-4-7(5)9/h5-7,9H,2-4,8H2,1H3. The summed E-state index contributed by atoms with van der Waals surface area (Å²) < 4.78 is 0. The molecule has 3 atom stereocenters. The van der Waals surface area contributed by atoms with Crippen LogP contribution in [0.2, 0.25) is 5.82 Å². The van der Waals surface area contributed by atoms with E-state index in [0.717, 1.165) is 18.7 Å². The van der Waals surface area contributed by atoms with Crippen molar-refractivity contribution >= 4 is 7.85 Å². The highest BCUT2D eigenvalue weighted by molar-refractivity contribution is 6.12. The van der Waals surface area contributed by atoms with Gasteiger partial charge in [-0.1, -0.05) is 25.6 Å². The fourth-order valence-corrected chi connectivity index (χ4v) is 1.92. The predicted molar refractivity (Wildman–Crippen MR) is 41.3 cm³/mol. The Hall–Kier alpha value is 0.0249. The first-order valence-electron chi connectivity index (χ1n) is 3.93. The van der Waals surface area contributed by atoms with E-state index in [9.17, 15) is 5.11 Å². The first-order chi connectivity index (χ1) is 4.25. The molecule has 0 aromatic heterocycles. The van der Waals surface area contributed by atoms with E-state index in [1.165, 1.54) is 6.42 Å². The minimum atomic E-state index is 0.00463. The number of aliphatic hydroxyl groups excluding tert-OH is 1. The Balaban J connectivity index is 2.44. The molecule has 1 aliphatic carbocycles. The molecular weight excluding hydrogens is 111 g/mol. The molecule has 2 heteroatoms. The SMILES string of the molecule is BC1CCC(O)C1CC. The Bertz CT molecular complexity index is 84.9. The quantitative estimate of drug-likeness (QED) is 0.509. The normalized spacial score (nSPS) is 43.6. The van der Waals surface area contributed by atoms with E-state index in [1.807, 2.05) is 0 Å². The highest BCUT2D eigenvalue weighted by Gasteiger charge is 2.29. The number of rotatable bonds is 1. The average molecular weight is 126 g/mol. The van der Waals surface area contributed by atoms with E-state index in [4.69, 9.17) is 0 Å². The molecule has 1 nitrogen and oxygen atoms in total. The van der Waals surface area contributed by atoms with Crippen LogP contribution in [0.25, 0.3) is 0 Å².